The molecule has 2 atom stereocenters. The average Bonchev–Trinajstić information content (AvgIpc) is 3.24. The predicted molar refractivity (Wildman–Crippen MR) is 142 cm³/mol. The van der Waals surface area contributed by atoms with Crippen molar-refractivity contribution in [1.29, 1.82) is 5.26 Å². The van der Waals surface area contributed by atoms with Crippen molar-refractivity contribution < 1.29 is 19.1 Å². The van der Waals surface area contributed by atoms with Gasteiger partial charge in [0.15, 0.2) is 0 Å². The van der Waals surface area contributed by atoms with E-state index in [4.69, 9.17) is 14.7 Å². The summed E-state index contributed by atoms with van der Waals surface area (Å²) in [4.78, 5) is 26.9. The molecule has 1 amide bonds. The molecule has 0 unspecified atom stereocenters. The van der Waals surface area contributed by atoms with E-state index in [9.17, 15) is 9.59 Å². The van der Waals surface area contributed by atoms with Crippen molar-refractivity contribution in [2.75, 3.05) is 20.3 Å². The summed E-state index contributed by atoms with van der Waals surface area (Å²) in [5.41, 5.74) is 3.98. The van der Waals surface area contributed by atoms with E-state index in [1.54, 1.807) is 12.1 Å². The van der Waals surface area contributed by atoms with Crippen molar-refractivity contribution in [2.24, 2.45) is 5.92 Å². The zero-order chi connectivity index (χ0) is 26.0. The van der Waals surface area contributed by atoms with Gasteiger partial charge in [-0.05, 0) is 66.6 Å². The van der Waals surface area contributed by atoms with Gasteiger partial charge in [0.25, 0.3) is 0 Å². The monoisotopic (exact) mass is 496 g/mol. The lowest BCUT2D eigenvalue weighted by Crippen LogP contribution is -2.38. The zero-order valence-corrected chi connectivity index (χ0v) is 21.1. The quantitative estimate of drug-likeness (QED) is 0.262. The highest BCUT2D eigenvalue weighted by atomic mass is 16.5. The first-order valence-electron chi connectivity index (χ1n) is 12.7. The summed E-state index contributed by atoms with van der Waals surface area (Å²) in [7, 11) is 1.35. The van der Waals surface area contributed by atoms with E-state index in [1.807, 2.05) is 59.5 Å². The topological polar surface area (TPSA) is 79.6 Å². The van der Waals surface area contributed by atoms with E-state index >= 15 is 0 Å². The Morgan fingerprint density at radius 2 is 1.65 bits per heavy atom. The van der Waals surface area contributed by atoms with Gasteiger partial charge >= 0.3 is 5.97 Å². The van der Waals surface area contributed by atoms with Gasteiger partial charge in [-0.25, -0.2) is 0 Å². The van der Waals surface area contributed by atoms with Crippen LogP contribution in [0.1, 0.15) is 36.8 Å². The molecule has 0 radical (unpaired) electrons. The molecule has 4 rings (SSSR count). The number of amides is 1. The number of nitrogens with zero attached hydrogens (tertiary/aromatic N) is 2. The molecule has 0 aromatic heterocycles. The van der Waals surface area contributed by atoms with Crippen LogP contribution in [0.3, 0.4) is 0 Å². The van der Waals surface area contributed by atoms with E-state index in [1.165, 1.54) is 12.7 Å². The van der Waals surface area contributed by atoms with Crippen molar-refractivity contribution in [2.45, 2.75) is 38.1 Å². The standard InChI is InChI=1S/C31H32N2O4/c1-36-30(34)20-27-19-28(33(31(27)35)18-6-5-9-23-7-3-2-4-8-23)22-37-29-16-14-26(15-17-29)25-12-10-24(21-32)11-13-25/h2-4,7-8,10-17,27-28H,5-6,9,18-20,22H2,1H3/t27-,28-/m0/s1. The Hall–Kier alpha value is -4.11. The molecule has 1 fully saturated rings. The first-order valence-corrected chi connectivity index (χ1v) is 12.7. The Labute approximate surface area is 218 Å². The van der Waals surface area contributed by atoms with Gasteiger partial charge in [0.2, 0.25) is 5.91 Å². The molecule has 1 aliphatic rings. The maximum absolute atomic E-state index is 13.1. The van der Waals surface area contributed by atoms with Crippen LogP contribution in [0.5, 0.6) is 5.75 Å². The fourth-order valence-electron chi connectivity index (χ4n) is 4.81. The highest BCUT2D eigenvalue weighted by Crippen LogP contribution is 2.29. The molecular weight excluding hydrogens is 464 g/mol. The molecule has 0 N–H and O–H groups in total. The van der Waals surface area contributed by atoms with Crippen LogP contribution in [0.4, 0.5) is 0 Å². The summed E-state index contributed by atoms with van der Waals surface area (Å²) in [5, 5.41) is 8.99. The third-order valence-corrected chi connectivity index (χ3v) is 6.87. The molecular formula is C31H32N2O4. The molecule has 6 nitrogen and oxygen atoms in total. The Morgan fingerprint density at radius 3 is 2.30 bits per heavy atom. The van der Waals surface area contributed by atoms with Crippen molar-refractivity contribution in [1.82, 2.24) is 4.90 Å². The number of aryl methyl sites for hydroxylation is 1. The van der Waals surface area contributed by atoms with Crippen LogP contribution in [0.25, 0.3) is 11.1 Å². The molecule has 1 aliphatic heterocycles. The van der Waals surface area contributed by atoms with Crippen molar-refractivity contribution in [3.05, 3.63) is 90.0 Å². The summed E-state index contributed by atoms with van der Waals surface area (Å²) in [6.45, 7) is 1.02. The van der Waals surface area contributed by atoms with Gasteiger partial charge in [-0.15, -0.1) is 0 Å². The lowest BCUT2D eigenvalue weighted by Gasteiger charge is -2.25. The highest BCUT2D eigenvalue weighted by Gasteiger charge is 2.40. The third kappa shape index (κ3) is 6.98. The smallest absolute Gasteiger partial charge is 0.306 e. The summed E-state index contributed by atoms with van der Waals surface area (Å²) in [5.74, 6) is 0.0106. The number of rotatable bonds is 11. The van der Waals surface area contributed by atoms with Crippen molar-refractivity contribution in [3.8, 4) is 22.9 Å². The van der Waals surface area contributed by atoms with E-state index < -0.39 is 0 Å². The number of hydrogen-bond donors (Lipinski definition) is 0. The van der Waals surface area contributed by atoms with Crippen LogP contribution >= 0.6 is 0 Å². The minimum absolute atomic E-state index is 0.00914. The second kappa shape index (κ2) is 12.7. The number of unbranched alkanes of at least 4 members (excludes halogenated alkanes) is 1. The lowest BCUT2D eigenvalue weighted by atomic mass is 10.0. The van der Waals surface area contributed by atoms with Crippen LogP contribution in [0.2, 0.25) is 0 Å². The minimum Gasteiger partial charge on any atom is -0.491 e. The number of carbonyl (C=O) groups is 2. The molecule has 0 spiro atoms. The molecule has 0 saturated carbocycles. The van der Waals surface area contributed by atoms with Gasteiger partial charge < -0.3 is 14.4 Å². The van der Waals surface area contributed by atoms with Crippen molar-refractivity contribution >= 4 is 11.9 Å². The van der Waals surface area contributed by atoms with E-state index in [0.717, 1.165) is 36.1 Å². The average molecular weight is 497 g/mol. The molecule has 1 heterocycles. The van der Waals surface area contributed by atoms with Crippen LogP contribution in [-0.2, 0) is 20.7 Å². The number of esters is 1. The number of benzene rings is 3. The predicted octanol–water partition coefficient (Wildman–Crippen LogP) is 5.41. The molecule has 3 aromatic rings. The third-order valence-electron chi connectivity index (χ3n) is 6.87. The van der Waals surface area contributed by atoms with Gasteiger partial charge in [0.1, 0.15) is 12.4 Å². The maximum Gasteiger partial charge on any atom is 0.306 e. The van der Waals surface area contributed by atoms with E-state index in [2.05, 4.69) is 18.2 Å². The Balaban J connectivity index is 1.35. The number of hydrogen-bond acceptors (Lipinski definition) is 5. The number of methoxy groups -OCH3 is 1. The maximum atomic E-state index is 13.1. The molecule has 190 valence electrons. The molecule has 3 aromatic carbocycles. The second-order valence-electron chi connectivity index (χ2n) is 9.37. The van der Waals surface area contributed by atoms with Crippen LogP contribution < -0.4 is 4.74 Å². The Bertz CT molecular complexity index is 1220. The van der Waals surface area contributed by atoms with Gasteiger partial charge in [0, 0.05) is 6.54 Å². The molecule has 37 heavy (non-hydrogen) atoms. The fraction of sp³-hybridized carbons (Fsp3) is 0.323. The summed E-state index contributed by atoms with van der Waals surface area (Å²) >= 11 is 0. The molecule has 0 bridgehead atoms. The Kier molecular flexibility index (Phi) is 8.93. The van der Waals surface area contributed by atoms with Gasteiger partial charge in [0.05, 0.1) is 37.1 Å². The largest absolute Gasteiger partial charge is 0.491 e. The fourth-order valence-corrected chi connectivity index (χ4v) is 4.81. The number of nitriles is 1. The second-order valence-corrected chi connectivity index (χ2v) is 9.37. The van der Waals surface area contributed by atoms with Gasteiger partial charge in [-0.1, -0.05) is 54.6 Å². The molecule has 1 saturated heterocycles. The van der Waals surface area contributed by atoms with E-state index in [0.29, 0.717) is 25.1 Å². The van der Waals surface area contributed by atoms with Crippen molar-refractivity contribution in [3.63, 3.8) is 0 Å². The SMILES string of the molecule is COC(=O)C[C@@H]1C[C@@H](COc2ccc(-c3ccc(C#N)cc3)cc2)N(CCCCc2ccccc2)C1=O. The Morgan fingerprint density at radius 1 is 0.973 bits per heavy atom. The summed E-state index contributed by atoms with van der Waals surface area (Å²) < 4.78 is 10.9. The van der Waals surface area contributed by atoms with Gasteiger partial charge in [-0.2, -0.15) is 5.26 Å². The first-order chi connectivity index (χ1) is 18.1. The zero-order valence-electron chi connectivity index (χ0n) is 21.1. The number of ether oxygens (including phenoxy) is 2. The minimum atomic E-state index is -0.367. The number of likely N-dealkylation sites (tertiary alicyclic amines) is 1. The van der Waals surface area contributed by atoms with Gasteiger partial charge in [-0.3, -0.25) is 9.59 Å². The number of carbonyl (C=O) groups excluding carboxylic acids is 2. The summed E-state index contributed by atoms with van der Waals surface area (Å²) in [6, 6.07) is 27.6. The lowest BCUT2D eigenvalue weighted by molar-refractivity contribution is -0.144. The van der Waals surface area contributed by atoms with E-state index in [-0.39, 0.29) is 30.3 Å². The normalized spacial score (nSPS) is 16.9. The molecule has 6 heteroatoms. The highest BCUT2D eigenvalue weighted by molar-refractivity contribution is 5.85. The first kappa shape index (κ1) is 26.0. The van der Waals surface area contributed by atoms with Crippen LogP contribution in [0, 0.1) is 17.2 Å². The molecule has 0 aliphatic carbocycles. The van der Waals surface area contributed by atoms with Crippen LogP contribution in [-0.4, -0.2) is 43.1 Å². The van der Waals surface area contributed by atoms with Crippen LogP contribution in [0.15, 0.2) is 78.9 Å². The summed E-state index contributed by atoms with van der Waals surface area (Å²) in [6.07, 6.45) is 3.53.